The highest BCUT2D eigenvalue weighted by atomic mass is 16.3. The fourth-order valence-electron chi connectivity index (χ4n) is 3.31. The van der Waals surface area contributed by atoms with Crippen LogP contribution in [0.4, 0.5) is 5.82 Å². The number of rotatable bonds is 3. The summed E-state index contributed by atoms with van der Waals surface area (Å²) >= 11 is 0. The first-order valence-corrected chi connectivity index (χ1v) is 8.31. The molecular weight excluding hydrogens is 302 g/mol. The Morgan fingerprint density at radius 2 is 2.12 bits per heavy atom. The zero-order valence-electron chi connectivity index (χ0n) is 13.4. The first-order valence-electron chi connectivity index (χ1n) is 8.31. The number of aliphatic hydroxyl groups excluding tert-OH is 1. The molecule has 1 atom stereocenters. The van der Waals surface area contributed by atoms with Crippen molar-refractivity contribution in [3.05, 3.63) is 47.8 Å². The minimum atomic E-state index is 0.0407. The van der Waals surface area contributed by atoms with Crippen molar-refractivity contribution in [3.8, 4) is 11.1 Å². The third-order valence-electron chi connectivity index (χ3n) is 4.68. The molecule has 1 unspecified atom stereocenters. The number of benzene rings is 1. The van der Waals surface area contributed by atoms with Gasteiger partial charge in [0.05, 0.1) is 18.5 Å². The number of nitrogens with two attached hydrogens (primary N) is 1. The van der Waals surface area contributed by atoms with E-state index in [2.05, 4.69) is 10.4 Å². The topological polar surface area (TPSA) is 88.5 Å². The van der Waals surface area contributed by atoms with E-state index in [-0.39, 0.29) is 6.61 Å². The minimum Gasteiger partial charge on any atom is -0.392 e. The van der Waals surface area contributed by atoms with E-state index in [0.717, 1.165) is 54.0 Å². The molecule has 0 spiro atoms. The Morgan fingerprint density at radius 1 is 1.29 bits per heavy atom. The Bertz CT molecular complexity index is 850. The maximum atomic E-state index is 9.20. The van der Waals surface area contributed by atoms with E-state index in [4.69, 9.17) is 10.7 Å². The van der Waals surface area contributed by atoms with Crippen LogP contribution in [-0.4, -0.2) is 32.8 Å². The van der Waals surface area contributed by atoms with Gasteiger partial charge in [-0.2, -0.15) is 9.61 Å². The van der Waals surface area contributed by atoms with Crippen LogP contribution < -0.4 is 11.1 Å². The third-order valence-corrected chi connectivity index (χ3v) is 4.68. The van der Waals surface area contributed by atoms with Gasteiger partial charge in [0.25, 0.3) is 0 Å². The van der Waals surface area contributed by atoms with Crippen LogP contribution in [-0.2, 0) is 6.61 Å². The van der Waals surface area contributed by atoms with Crippen molar-refractivity contribution < 1.29 is 5.11 Å². The SMILES string of the molecule is Nc1cc(C2CCCNC2)nc2c(-c3ccc(CO)cc3)cnn12. The van der Waals surface area contributed by atoms with E-state index < -0.39 is 0 Å². The minimum absolute atomic E-state index is 0.0407. The summed E-state index contributed by atoms with van der Waals surface area (Å²) in [6.45, 7) is 2.06. The Labute approximate surface area is 140 Å². The van der Waals surface area contributed by atoms with Gasteiger partial charge < -0.3 is 16.2 Å². The average molecular weight is 323 g/mol. The fraction of sp³-hybridized carbons (Fsp3) is 0.333. The normalized spacial score (nSPS) is 18.1. The monoisotopic (exact) mass is 323 g/mol. The molecule has 0 saturated carbocycles. The number of anilines is 1. The number of piperidine rings is 1. The Kier molecular flexibility index (Phi) is 3.92. The van der Waals surface area contributed by atoms with E-state index in [0.29, 0.717) is 11.7 Å². The van der Waals surface area contributed by atoms with E-state index >= 15 is 0 Å². The van der Waals surface area contributed by atoms with Crippen molar-refractivity contribution >= 4 is 11.5 Å². The first-order chi connectivity index (χ1) is 11.8. The molecule has 1 aliphatic heterocycles. The summed E-state index contributed by atoms with van der Waals surface area (Å²) in [5.41, 5.74) is 10.9. The van der Waals surface area contributed by atoms with Crippen molar-refractivity contribution in [3.63, 3.8) is 0 Å². The van der Waals surface area contributed by atoms with E-state index in [1.807, 2.05) is 30.3 Å². The molecule has 1 saturated heterocycles. The summed E-state index contributed by atoms with van der Waals surface area (Å²) < 4.78 is 1.69. The third kappa shape index (κ3) is 2.64. The van der Waals surface area contributed by atoms with Crippen LogP contribution in [0.3, 0.4) is 0 Å². The van der Waals surface area contributed by atoms with Gasteiger partial charge in [0.1, 0.15) is 5.82 Å². The number of aliphatic hydroxyl groups is 1. The molecule has 0 aliphatic carbocycles. The Morgan fingerprint density at radius 3 is 2.83 bits per heavy atom. The second-order valence-corrected chi connectivity index (χ2v) is 6.30. The molecular formula is C18H21N5O. The Hall–Kier alpha value is -2.44. The molecule has 1 aliphatic rings. The molecule has 0 bridgehead atoms. The molecule has 2 aromatic heterocycles. The molecule has 0 radical (unpaired) electrons. The maximum absolute atomic E-state index is 9.20. The number of nitrogens with zero attached hydrogens (tertiary/aromatic N) is 3. The number of aromatic nitrogens is 3. The van der Waals surface area contributed by atoms with Gasteiger partial charge in [-0.05, 0) is 30.5 Å². The summed E-state index contributed by atoms with van der Waals surface area (Å²) in [6.07, 6.45) is 4.09. The van der Waals surface area contributed by atoms with Crippen molar-refractivity contribution in [1.82, 2.24) is 19.9 Å². The zero-order valence-corrected chi connectivity index (χ0v) is 13.4. The molecule has 6 heteroatoms. The van der Waals surface area contributed by atoms with Crippen molar-refractivity contribution in [2.75, 3.05) is 18.8 Å². The van der Waals surface area contributed by atoms with E-state index in [1.54, 1.807) is 10.7 Å². The van der Waals surface area contributed by atoms with Gasteiger partial charge in [0.2, 0.25) is 0 Å². The molecule has 1 aromatic carbocycles. The van der Waals surface area contributed by atoms with Gasteiger partial charge in [-0.25, -0.2) is 4.98 Å². The molecule has 4 N–H and O–H groups in total. The van der Waals surface area contributed by atoms with Crippen LogP contribution >= 0.6 is 0 Å². The van der Waals surface area contributed by atoms with Crippen molar-refractivity contribution in [2.45, 2.75) is 25.4 Å². The van der Waals surface area contributed by atoms with Gasteiger partial charge in [0, 0.05) is 24.1 Å². The largest absolute Gasteiger partial charge is 0.392 e. The molecule has 24 heavy (non-hydrogen) atoms. The lowest BCUT2D eigenvalue weighted by molar-refractivity contribution is 0.282. The smallest absolute Gasteiger partial charge is 0.165 e. The predicted octanol–water partition coefficient (Wildman–Crippen LogP) is 1.94. The highest BCUT2D eigenvalue weighted by Gasteiger charge is 2.19. The summed E-state index contributed by atoms with van der Waals surface area (Å²) in [7, 11) is 0. The summed E-state index contributed by atoms with van der Waals surface area (Å²) in [5, 5.41) is 17.0. The highest BCUT2D eigenvalue weighted by Crippen LogP contribution is 2.29. The molecule has 0 amide bonds. The predicted molar refractivity (Wildman–Crippen MR) is 93.6 cm³/mol. The molecule has 124 valence electrons. The molecule has 4 rings (SSSR count). The first kappa shape index (κ1) is 15.1. The van der Waals surface area contributed by atoms with Gasteiger partial charge in [-0.3, -0.25) is 0 Å². The van der Waals surface area contributed by atoms with Gasteiger partial charge in [0.15, 0.2) is 5.65 Å². The summed E-state index contributed by atoms with van der Waals surface area (Å²) in [4.78, 5) is 4.87. The lowest BCUT2D eigenvalue weighted by Gasteiger charge is -2.22. The highest BCUT2D eigenvalue weighted by molar-refractivity contribution is 5.78. The van der Waals surface area contributed by atoms with Gasteiger partial charge in [-0.1, -0.05) is 24.3 Å². The summed E-state index contributed by atoms with van der Waals surface area (Å²) in [5.74, 6) is 1.00. The molecule has 3 aromatic rings. The lowest BCUT2D eigenvalue weighted by atomic mass is 9.96. The summed E-state index contributed by atoms with van der Waals surface area (Å²) in [6, 6.07) is 9.73. The number of nitrogen functional groups attached to an aromatic ring is 1. The standard InChI is InChI=1S/C18H21N5O/c19-17-8-16(14-2-1-7-20-9-14)22-18-15(10-21-23(17)18)13-5-3-12(11-24)4-6-13/h3-6,8,10,14,20,24H,1-2,7,9,11,19H2. The van der Waals surface area contributed by atoms with Gasteiger partial charge >= 0.3 is 0 Å². The van der Waals surface area contributed by atoms with E-state index in [9.17, 15) is 5.11 Å². The van der Waals surface area contributed by atoms with Crippen molar-refractivity contribution in [2.24, 2.45) is 0 Å². The van der Waals surface area contributed by atoms with Crippen LogP contribution in [0.25, 0.3) is 16.8 Å². The van der Waals surface area contributed by atoms with E-state index in [1.165, 1.54) is 0 Å². The number of fused-ring (bicyclic) bond motifs is 1. The number of hydrogen-bond acceptors (Lipinski definition) is 5. The second-order valence-electron chi connectivity index (χ2n) is 6.30. The molecule has 3 heterocycles. The lowest BCUT2D eigenvalue weighted by Crippen LogP contribution is -2.29. The van der Waals surface area contributed by atoms with Gasteiger partial charge in [-0.15, -0.1) is 0 Å². The van der Waals surface area contributed by atoms with Crippen LogP contribution in [0.15, 0.2) is 36.5 Å². The molecule has 6 nitrogen and oxygen atoms in total. The van der Waals surface area contributed by atoms with Crippen LogP contribution in [0.1, 0.15) is 30.0 Å². The molecule has 1 fully saturated rings. The van der Waals surface area contributed by atoms with Crippen LogP contribution in [0.5, 0.6) is 0 Å². The Balaban J connectivity index is 1.79. The van der Waals surface area contributed by atoms with Crippen molar-refractivity contribution in [1.29, 1.82) is 0 Å². The number of nitrogens with one attached hydrogen (secondary N) is 1. The zero-order chi connectivity index (χ0) is 16.5. The second kappa shape index (κ2) is 6.22. The van der Waals surface area contributed by atoms with Crippen LogP contribution in [0, 0.1) is 0 Å². The fourth-order valence-corrected chi connectivity index (χ4v) is 3.31. The quantitative estimate of drug-likeness (QED) is 0.685. The maximum Gasteiger partial charge on any atom is 0.165 e. The van der Waals surface area contributed by atoms with Crippen LogP contribution in [0.2, 0.25) is 0 Å². The average Bonchev–Trinajstić information content (AvgIpc) is 3.07. The number of hydrogen-bond donors (Lipinski definition) is 3.